The fourth-order valence-electron chi connectivity index (χ4n) is 4.53. The molecule has 1 fully saturated rings. The highest BCUT2D eigenvalue weighted by Gasteiger charge is 2.22. The summed E-state index contributed by atoms with van der Waals surface area (Å²) in [6.07, 6.45) is 3.68. The Hall–Kier alpha value is -3.26. The average Bonchev–Trinajstić information content (AvgIpc) is 3.28. The monoisotopic (exact) mass is 447 g/mol. The first kappa shape index (κ1) is 21.6. The molecule has 1 aliphatic rings. The Morgan fingerprint density at radius 2 is 1.91 bits per heavy atom. The van der Waals surface area contributed by atoms with Crippen molar-refractivity contribution in [3.8, 4) is 11.3 Å². The Balaban J connectivity index is 1.37. The van der Waals surface area contributed by atoms with Crippen molar-refractivity contribution in [3.05, 3.63) is 48.7 Å². The summed E-state index contributed by atoms with van der Waals surface area (Å²) >= 11 is 0. The first-order valence-electron chi connectivity index (χ1n) is 11.7. The van der Waals surface area contributed by atoms with Crippen LogP contribution in [0, 0.1) is 0 Å². The van der Waals surface area contributed by atoms with E-state index in [1.165, 1.54) is 0 Å². The van der Waals surface area contributed by atoms with Gasteiger partial charge in [0.15, 0.2) is 5.82 Å². The van der Waals surface area contributed by atoms with Gasteiger partial charge in [0.1, 0.15) is 11.7 Å². The molecule has 7 nitrogen and oxygen atoms in total. The number of aromatic nitrogens is 4. The van der Waals surface area contributed by atoms with Crippen LogP contribution in [-0.2, 0) is 0 Å². The molecule has 172 valence electrons. The normalized spacial score (nSPS) is 16.3. The second kappa shape index (κ2) is 9.31. The molecule has 4 aromatic rings. The lowest BCUT2D eigenvalue weighted by atomic mass is 10.0. The number of rotatable bonds is 7. The lowest BCUT2D eigenvalue weighted by molar-refractivity contribution is 0.158. The zero-order valence-electron chi connectivity index (χ0n) is 19.1. The molecule has 1 saturated heterocycles. The van der Waals surface area contributed by atoms with E-state index in [-0.39, 0.29) is 6.04 Å². The quantitative estimate of drug-likeness (QED) is 0.431. The molecule has 5 rings (SSSR count). The number of hydrogen-bond acceptors (Lipinski definition) is 6. The molecule has 1 aliphatic heterocycles. The van der Waals surface area contributed by atoms with Crippen molar-refractivity contribution in [1.82, 2.24) is 24.5 Å². The number of alkyl halides is 1. The van der Waals surface area contributed by atoms with Gasteiger partial charge in [0.2, 0.25) is 5.95 Å². The summed E-state index contributed by atoms with van der Waals surface area (Å²) in [7, 11) is 1.87. The fourth-order valence-corrected chi connectivity index (χ4v) is 4.53. The molecule has 3 aromatic heterocycles. The minimum Gasteiger partial charge on any atom is -0.371 e. The smallest absolute Gasteiger partial charge is 0.243 e. The number of hydrogen-bond donors (Lipinski definition) is 2. The maximum Gasteiger partial charge on any atom is 0.243 e. The standard InChI is InChI=1S/C25H30FN7/c1-3-18(26)16-32-13-10-19(11-14-32)28-25-30-24(27-2)23-20(12-15-33(23)31-25)22-9-8-17-6-4-5-7-21(17)29-22/h4-9,12,15,18-19H,3,10-11,13-14,16H2,1-2H3,(H2,27,28,30,31). The molecular formula is C25H30FN7. The highest BCUT2D eigenvalue weighted by atomic mass is 19.1. The Kier molecular flexibility index (Phi) is 6.09. The summed E-state index contributed by atoms with van der Waals surface area (Å²) in [6, 6.07) is 14.6. The van der Waals surface area contributed by atoms with Gasteiger partial charge in [-0.3, -0.25) is 0 Å². The van der Waals surface area contributed by atoms with Crippen LogP contribution in [0.25, 0.3) is 27.7 Å². The Bertz CT molecular complexity index is 1250. The SMILES string of the molecule is CCC(F)CN1CCC(Nc2nc(NC)c3c(-c4ccc5ccccc5n4)ccn3n2)CC1. The van der Waals surface area contributed by atoms with E-state index < -0.39 is 6.17 Å². The van der Waals surface area contributed by atoms with Crippen molar-refractivity contribution in [2.45, 2.75) is 38.4 Å². The Morgan fingerprint density at radius 1 is 1.09 bits per heavy atom. The van der Waals surface area contributed by atoms with Crippen molar-refractivity contribution in [3.63, 3.8) is 0 Å². The van der Waals surface area contributed by atoms with Crippen molar-refractivity contribution in [2.75, 3.05) is 37.3 Å². The van der Waals surface area contributed by atoms with Crippen LogP contribution in [0.2, 0.25) is 0 Å². The number of anilines is 2. The minimum absolute atomic E-state index is 0.278. The second-order valence-corrected chi connectivity index (χ2v) is 8.67. The first-order chi connectivity index (χ1) is 16.1. The van der Waals surface area contributed by atoms with Crippen LogP contribution in [0.15, 0.2) is 48.7 Å². The van der Waals surface area contributed by atoms with Crippen molar-refractivity contribution >= 4 is 28.2 Å². The van der Waals surface area contributed by atoms with Crippen molar-refractivity contribution in [2.24, 2.45) is 0 Å². The van der Waals surface area contributed by atoms with E-state index in [4.69, 9.17) is 15.1 Å². The number of pyridine rings is 1. The number of nitrogens with zero attached hydrogens (tertiary/aromatic N) is 5. The molecule has 0 radical (unpaired) electrons. The molecule has 33 heavy (non-hydrogen) atoms. The van der Waals surface area contributed by atoms with Crippen LogP contribution in [0.5, 0.6) is 0 Å². The highest BCUT2D eigenvalue weighted by Crippen LogP contribution is 2.30. The van der Waals surface area contributed by atoms with Crippen LogP contribution in [0.4, 0.5) is 16.2 Å². The number of piperidine rings is 1. The summed E-state index contributed by atoms with van der Waals surface area (Å²) < 4.78 is 15.6. The molecule has 0 spiro atoms. The molecule has 2 N–H and O–H groups in total. The summed E-state index contributed by atoms with van der Waals surface area (Å²) in [5, 5.41) is 12.6. The third-order valence-electron chi connectivity index (χ3n) is 6.44. The van der Waals surface area contributed by atoms with E-state index in [0.717, 1.165) is 59.4 Å². The molecule has 0 bridgehead atoms. The molecule has 0 aliphatic carbocycles. The van der Waals surface area contributed by atoms with Crippen LogP contribution in [0.3, 0.4) is 0 Å². The van der Waals surface area contributed by atoms with Crippen molar-refractivity contribution < 1.29 is 4.39 Å². The fraction of sp³-hybridized carbons (Fsp3) is 0.400. The van der Waals surface area contributed by atoms with E-state index in [2.05, 4.69) is 27.7 Å². The third-order valence-corrected chi connectivity index (χ3v) is 6.44. The minimum atomic E-state index is -0.738. The van der Waals surface area contributed by atoms with Crippen LogP contribution in [0.1, 0.15) is 26.2 Å². The van der Waals surface area contributed by atoms with E-state index in [1.54, 1.807) is 0 Å². The molecule has 1 unspecified atom stereocenters. The number of halogens is 1. The molecular weight excluding hydrogens is 417 g/mol. The number of benzene rings is 1. The van der Waals surface area contributed by atoms with Crippen LogP contribution >= 0.6 is 0 Å². The second-order valence-electron chi connectivity index (χ2n) is 8.67. The maximum atomic E-state index is 13.7. The van der Waals surface area contributed by atoms with Gasteiger partial charge in [-0.15, -0.1) is 5.10 Å². The van der Waals surface area contributed by atoms with Gasteiger partial charge in [-0.2, -0.15) is 4.98 Å². The Morgan fingerprint density at radius 3 is 2.70 bits per heavy atom. The summed E-state index contributed by atoms with van der Waals surface area (Å²) in [4.78, 5) is 11.8. The van der Waals surface area contributed by atoms with E-state index in [0.29, 0.717) is 18.9 Å². The lowest BCUT2D eigenvalue weighted by Crippen LogP contribution is -2.41. The predicted molar refractivity (Wildman–Crippen MR) is 132 cm³/mol. The topological polar surface area (TPSA) is 70.4 Å². The van der Waals surface area contributed by atoms with Crippen molar-refractivity contribution in [1.29, 1.82) is 0 Å². The van der Waals surface area contributed by atoms with Crippen LogP contribution < -0.4 is 10.6 Å². The summed E-state index contributed by atoms with van der Waals surface area (Å²) in [5.41, 5.74) is 3.74. The molecule has 0 amide bonds. The molecule has 8 heteroatoms. The number of likely N-dealkylation sites (tertiary alicyclic amines) is 1. The van der Waals surface area contributed by atoms with Gasteiger partial charge in [0.05, 0.1) is 11.2 Å². The van der Waals surface area contributed by atoms with E-state index in [9.17, 15) is 4.39 Å². The van der Waals surface area contributed by atoms with Gasteiger partial charge >= 0.3 is 0 Å². The van der Waals surface area contributed by atoms with E-state index in [1.807, 2.05) is 55.0 Å². The lowest BCUT2D eigenvalue weighted by Gasteiger charge is -2.32. The zero-order valence-corrected chi connectivity index (χ0v) is 19.1. The summed E-state index contributed by atoms with van der Waals surface area (Å²) in [5.74, 6) is 1.35. The van der Waals surface area contributed by atoms with Gasteiger partial charge in [-0.1, -0.05) is 31.2 Å². The molecule has 4 heterocycles. The highest BCUT2D eigenvalue weighted by molar-refractivity contribution is 5.90. The Labute approximate surface area is 193 Å². The van der Waals surface area contributed by atoms with Gasteiger partial charge in [0, 0.05) is 49.9 Å². The molecule has 0 saturated carbocycles. The van der Waals surface area contributed by atoms with Gasteiger partial charge in [-0.05, 0) is 37.5 Å². The zero-order chi connectivity index (χ0) is 22.8. The number of para-hydroxylation sites is 1. The number of nitrogens with one attached hydrogen (secondary N) is 2. The third kappa shape index (κ3) is 4.48. The number of fused-ring (bicyclic) bond motifs is 2. The maximum absolute atomic E-state index is 13.7. The van der Waals surface area contributed by atoms with Crippen LogP contribution in [-0.4, -0.2) is 63.4 Å². The molecule has 1 atom stereocenters. The van der Waals surface area contributed by atoms with E-state index >= 15 is 0 Å². The average molecular weight is 448 g/mol. The van der Waals surface area contributed by atoms with Gasteiger partial charge < -0.3 is 15.5 Å². The first-order valence-corrected chi connectivity index (χ1v) is 11.7. The molecule has 1 aromatic carbocycles. The van der Waals surface area contributed by atoms with Gasteiger partial charge in [0.25, 0.3) is 0 Å². The predicted octanol–water partition coefficient (Wildman–Crippen LogP) is 4.61. The van der Waals surface area contributed by atoms with Gasteiger partial charge in [-0.25, -0.2) is 13.9 Å². The summed E-state index contributed by atoms with van der Waals surface area (Å²) in [6.45, 7) is 4.21. The largest absolute Gasteiger partial charge is 0.371 e.